The molecule has 5 heteroatoms. The minimum absolute atomic E-state index is 0.155. The Morgan fingerprint density at radius 2 is 1.60 bits per heavy atom. The van der Waals surface area contributed by atoms with Crippen LogP contribution in [-0.4, -0.2) is 48.9 Å². The van der Waals surface area contributed by atoms with E-state index in [1.165, 1.54) is 5.56 Å². The van der Waals surface area contributed by atoms with Gasteiger partial charge in [-0.2, -0.15) is 0 Å². The van der Waals surface area contributed by atoms with E-state index in [1.807, 2.05) is 72.8 Å². The molecule has 0 bridgehead atoms. The van der Waals surface area contributed by atoms with Gasteiger partial charge in [-0.3, -0.25) is 9.69 Å². The molecule has 154 valence electrons. The van der Waals surface area contributed by atoms with Crippen molar-refractivity contribution in [3.63, 3.8) is 0 Å². The van der Waals surface area contributed by atoms with Crippen LogP contribution in [0.4, 0.5) is 11.4 Å². The van der Waals surface area contributed by atoms with Crippen LogP contribution in [0, 0.1) is 0 Å². The number of carbonyl (C=O) groups excluding carboxylic acids is 1. The molecule has 3 aromatic rings. The highest BCUT2D eigenvalue weighted by atomic mass is 16.1. The van der Waals surface area contributed by atoms with E-state index in [0.29, 0.717) is 16.9 Å². The average molecular weight is 400 g/mol. The Hall–Kier alpha value is -3.15. The summed E-state index contributed by atoms with van der Waals surface area (Å²) in [5.74, 6) is -0.155. The molecule has 3 N–H and O–H groups in total. The Balaban J connectivity index is 1.42. The van der Waals surface area contributed by atoms with Gasteiger partial charge in [0.25, 0.3) is 5.91 Å². The number of nitrogens with one attached hydrogen (secondary N) is 1. The van der Waals surface area contributed by atoms with Gasteiger partial charge in [-0.25, -0.2) is 0 Å². The maximum absolute atomic E-state index is 12.8. The highest BCUT2D eigenvalue weighted by Crippen LogP contribution is 2.27. The van der Waals surface area contributed by atoms with Crippen molar-refractivity contribution >= 4 is 17.3 Å². The number of nitrogens with two attached hydrogens (primary N) is 1. The third-order valence-electron chi connectivity index (χ3n) is 5.63. The van der Waals surface area contributed by atoms with E-state index in [0.717, 1.165) is 43.9 Å². The molecule has 1 heterocycles. The number of hydrogen-bond acceptors (Lipinski definition) is 4. The second-order valence-electron chi connectivity index (χ2n) is 7.90. The molecule has 0 spiro atoms. The Kier molecular flexibility index (Phi) is 6.12. The number of rotatable bonds is 5. The molecule has 0 unspecified atom stereocenters. The van der Waals surface area contributed by atoms with Crippen molar-refractivity contribution < 1.29 is 4.79 Å². The van der Waals surface area contributed by atoms with Crippen LogP contribution in [0.2, 0.25) is 0 Å². The molecule has 0 radical (unpaired) electrons. The number of nitrogens with zero attached hydrogens (tertiary/aromatic N) is 2. The minimum atomic E-state index is -0.155. The predicted octanol–water partition coefficient (Wildman–Crippen LogP) is 3.94. The molecule has 30 heavy (non-hydrogen) atoms. The van der Waals surface area contributed by atoms with Gasteiger partial charge in [0.2, 0.25) is 0 Å². The number of hydrogen-bond donors (Lipinski definition) is 2. The monoisotopic (exact) mass is 399 g/mol. The molecule has 1 saturated heterocycles. The van der Waals surface area contributed by atoms with Gasteiger partial charge in [-0.1, -0.05) is 48.5 Å². The molecule has 0 aliphatic carbocycles. The average Bonchev–Trinajstić information content (AvgIpc) is 2.78. The van der Waals surface area contributed by atoms with Crippen molar-refractivity contribution in [2.24, 2.45) is 0 Å². The van der Waals surface area contributed by atoms with Crippen LogP contribution in [0.3, 0.4) is 0 Å². The standard InChI is InChI=1S/C25H28N4O/c1-28-13-15-29(16-14-28)18-19-7-9-21(10-8-19)25(30)27-24-17-22(11-12-23(24)26)20-5-3-2-4-6-20/h2-12,17H,13-16,18,26H2,1H3,(H,27,30)/i1-1. The van der Waals surface area contributed by atoms with Crippen molar-refractivity contribution in [2.45, 2.75) is 6.54 Å². The van der Waals surface area contributed by atoms with Gasteiger partial charge in [0.15, 0.2) is 0 Å². The van der Waals surface area contributed by atoms with Crippen LogP contribution >= 0.6 is 0 Å². The second kappa shape index (κ2) is 9.11. The summed E-state index contributed by atoms with van der Waals surface area (Å²) in [6.07, 6.45) is 0. The Morgan fingerprint density at radius 1 is 0.900 bits per heavy atom. The summed E-state index contributed by atoms with van der Waals surface area (Å²) in [6, 6.07) is 23.6. The molecule has 0 aromatic heterocycles. The summed E-state index contributed by atoms with van der Waals surface area (Å²) < 4.78 is 0. The first-order valence-corrected chi connectivity index (χ1v) is 10.3. The lowest BCUT2D eigenvalue weighted by Gasteiger charge is -2.32. The maximum Gasteiger partial charge on any atom is 0.255 e. The zero-order valence-corrected chi connectivity index (χ0v) is 17.3. The maximum atomic E-state index is 12.8. The Morgan fingerprint density at radius 3 is 2.30 bits per heavy atom. The van der Waals surface area contributed by atoms with Crippen LogP contribution in [0.1, 0.15) is 15.9 Å². The number of piperazine rings is 1. The molecule has 1 aliphatic rings. The van der Waals surface area contributed by atoms with Gasteiger partial charge in [0.1, 0.15) is 0 Å². The quantitative estimate of drug-likeness (QED) is 0.638. The minimum Gasteiger partial charge on any atom is -0.397 e. The van der Waals surface area contributed by atoms with Gasteiger partial charge < -0.3 is 16.0 Å². The molecule has 0 atom stereocenters. The van der Waals surface area contributed by atoms with E-state index in [1.54, 1.807) is 0 Å². The fourth-order valence-corrected chi connectivity index (χ4v) is 3.69. The lowest BCUT2D eigenvalue weighted by atomic mass is 10.0. The Bertz CT molecular complexity index is 993. The highest BCUT2D eigenvalue weighted by Gasteiger charge is 2.14. The van der Waals surface area contributed by atoms with E-state index in [4.69, 9.17) is 5.73 Å². The van der Waals surface area contributed by atoms with Crippen LogP contribution in [0.15, 0.2) is 72.8 Å². The molecule has 1 fully saturated rings. The fraction of sp³-hybridized carbons (Fsp3) is 0.240. The molecule has 3 aromatic carbocycles. The first kappa shape index (κ1) is 20.1. The van der Waals surface area contributed by atoms with Crippen molar-refractivity contribution in [2.75, 3.05) is 44.3 Å². The van der Waals surface area contributed by atoms with E-state index in [2.05, 4.69) is 22.2 Å². The summed E-state index contributed by atoms with van der Waals surface area (Å²) in [7, 11) is 2.16. The SMILES string of the molecule is [11CH3]N1CCN(Cc2ccc(C(=O)Nc3cc(-c4ccccc4)ccc3N)cc2)CC1. The first-order valence-electron chi connectivity index (χ1n) is 10.3. The first-order chi connectivity index (χ1) is 14.6. The zero-order chi connectivity index (χ0) is 20.9. The summed E-state index contributed by atoms with van der Waals surface area (Å²) in [5, 5.41) is 2.96. The van der Waals surface area contributed by atoms with Crippen molar-refractivity contribution in [1.82, 2.24) is 9.80 Å². The molecule has 1 aliphatic heterocycles. The number of benzene rings is 3. The van der Waals surface area contributed by atoms with Gasteiger partial charge in [0.05, 0.1) is 11.4 Å². The molecular weight excluding hydrogens is 371 g/mol. The van der Waals surface area contributed by atoms with Crippen molar-refractivity contribution in [3.8, 4) is 11.1 Å². The topological polar surface area (TPSA) is 61.6 Å². The molecule has 4 rings (SSSR count). The van der Waals surface area contributed by atoms with Crippen LogP contribution in [0.5, 0.6) is 0 Å². The van der Waals surface area contributed by atoms with Crippen LogP contribution < -0.4 is 11.1 Å². The fourth-order valence-electron chi connectivity index (χ4n) is 3.69. The molecular formula is C25H28N4O. The second-order valence-corrected chi connectivity index (χ2v) is 7.90. The summed E-state index contributed by atoms with van der Waals surface area (Å²) in [6.45, 7) is 5.28. The normalized spacial score (nSPS) is 15.1. The predicted molar refractivity (Wildman–Crippen MR) is 123 cm³/mol. The lowest BCUT2D eigenvalue weighted by Crippen LogP contribution is -2.43. The highest BCUT2D eigenvalue weighted by molar-refractivity contribution is 6.06. The van der Waals surface area contributed by atoms with E-state index in [-0.39, 0.29) is 5.91 Å². The Labute approximate surface area is 178 Å². The van der Waals surface area contributed by atoms with Crippen LogP contribution in [-0.2, 0) is 6.54 Å². The van der Waals surface area contributed by atoms with Gasteiger partial charge in [-0.15, -0.1) is 0 Å². The molecule has 0 saturated carbocycles. The lowest BCUT2D eigenvalue weighted by molar-refractivity contribution is 0.102. The number of anilines is 2. The summed E-state index contributed by atoms with van der Waals surface area (Å²) >= 11 is 0. The van der Waals surface area contributed by atoms with Crippen molar-refractivity contribution in [3.05, 3.63) is 83.9 Å². The van der Waals surface area contributed by atoms with E-state index >= 15 is 0 Å². The zero-order valence-electron chi connectivity index (χ0n) is 17.3. The smallest absolute Gasteiger partial charge is 0.255 e. The third-order valence-corrected chi connectivity index (χ3v) is 5.63. The summed E-state index contributed by atoms with van der Waals surface area (Å²) in [5.41, 5.74) is 11.2. The van der Waals surface area contributed by atoms with Gasteiger partial charge in [0, 0.05) is 38.3 Å². The van der Waals surface area contributed by atoms with Crippen molar-refractivity contribution in [1.29, 1.82) is 0 Å². The van der Waals surface area contributed by atoms with Crippen LogP contribution in [0.25, 0.3) is 11.1 Å². The third kappa shape index (κ3) is 4.87. The van der Waals surface area contributed by atoms with Gasteiger partial charge >= 0.3 is 0 Å². The largest absolute Gasteiger partial charge is 0.397 e. The number of carbonyl (C=O) groups is 1. The number of nitrogen functional groups attached to an aromatic ring is 1. The number of amides is 1. The van der Waals surface area contributed by atoms with E-state index < -0.39 is 0 Å². The summed E-state index contributed by atoms with van der Waals surface area (Å²) in [4.78, 5) is 17.6. The number of likely N-dealkylation sites (N-methyl/N-ethyl adjacent to an activating group) is 1. The van der Waals surface area contributed by atoms with E-state index in [9.17, 15) is 4.79 Å². The van der Waals surface area contributed by atoms with Gasteiger partial charge in [-0.05, 0) is 48.0 Å². The molecule has 5 nitrogen and oxygen atoms in total. The molecule has 1 amide bonds.